The molecule has 0 saturated heterocycles. The molecule has 0 bridgehead atoms. The van der Waals surface area contributed by atoms with Crippen LogP contribution in [-0.4, -0.2) is 22.5 Å². The summed E-state index contributed by atoms with van der Waals surface area (Å²) in [5.41, 5.74) is 3.82. The molecule has 0 spiro atoms. The molecule has 0 unspecified atom stereocenters. The fourth-order valence-electron chi connectivity index (χ4n) is 3.38. The number of nitrogens with one attached hydrogen (secondary N) is 1. The number of hydrogen-bond acceptors (Lipinski definition) is 4. The van der Waals surface area contributed by atoms with Gasteiger partial charge in [0.05, 0.1) is 22.5 Å². The fraction of sp³-hybridized carbons (Fsp3) is 0.125. The molecule has 32 heavy (non-hydrogen) atoms. The third-order valence-corrected chi connectivity index (χ3v) is 5.40. The van der Waals surface area contributed by atoms with Gasteiger partial charge in [-0.05, 0) is 61.4 Å². The van der Waals surface area contributed by atoms with Crippen LogP contribution in [0.1, 0.15) is 21.5 Å². The molecule has 162 valence electrons. The summed E-state index contributed by atoms with van der Waals surface area (Å²) in [6, 6.07) is 13.3. The quantitative estimate of drug-likeness (QED) is 0.378. The maximum Gasteiger partial charge on any atom is 0.387 e. The molecule has 2 heterocycles. The number of benzene rings is 2. The van der Waals surface area contributed by atoms with Crippen molar-refractivity contribution in [2.75, 3.05) is 5.32 Å². The maximum atomic E-state index is 13.3. The third-order valence-electron chi connectivity index (χ3n) is 4.99. The number of anilines is 1. The van der Waals surface area contributed by atoms with Crippen molar-refractivity contribution in [2.45, 2.75) is 20.5 Å². The fourth-order valence-corrected chi connectivity index (χ4v) is 3.53. The molecule has 1 amide bonds. The number of hydrogen-bond donors (Lipinski definition) is 1. The standard InChI is InChI=1S/C24H18ClF2N3O2/c1-13-3-6-19(21(11-13)32-24(26)27)30-23(31)17-12-20(15-7-9-28-10-8-15)29-22-14(2)18(25)5-4-16(17)22/h3-12,24H,1-2H3,(H,30,31). The summed E-state index contributed by atoms with van der Waals surface area (Å²) in [6.45, 7) is 0.551. The van der Waals surface area contributed by atoms with E-state index in [1.165, 1.54) is 12.1 Å². The SMILES string of the molecule is Cc1ccc(NC(=O)c2cc(-c3ccncc3)nc3c(C)c(Cl)ccc23)c(OC(F)F)c1. The predicted octanol–water partition coefficient (Wildman–Crippen LogP) is 6.42. The Morgan fingerprint density at radius 3 is 2.53 bits per heavy atom. The number of fused-ring (bicyclic) bond motifs is 1. The summed E-state index contributed by atoms with van der Waals surface area (Å²) in [5.74, 6) is -0.599. The van der Waals surface area contributed by atoms with Crippen molar-refractivity contribution in [1.29, 1.82) is 0 Å². The molecule has 0 fully saturated rings. The van der Waals surface area contributed by atoms with Crippen molar-refractivity contribution >= 4 is 34.1 Å². The lowest BCUT2D eigenvalue weighted by molar-refractivity contribution is -0.0494. The molecule has 1 N–H and O–H groups in total. The van der Waals surface area contributed by atoms with Crippen molar-refractivity contribution in [2.24, 2.45) is 0 Å². The number of aromatic nitrogens is 2. The van der Waals surface area contributed by atoms with Gasteiger partial charge in [-0.25, -0.2) is 4.98 Å². The summed E-state index contributed by atoms with van der Waals surface area (Å²) in [5, 5.41) is 3.81. The first-order valence-electron chi connectivity index (χ1n) is 9.70. The zero-order valence-electron chi connectivity index (χ0n) is 17.2. The van der Waals surface area contributed by atoms with Gasteiger partial charge in [0, 0.05) is 28.4 Å². The Bertz CT molecular complexity index is 1310. The number of pyridine rings is 2. The Morgan fingerprint density at radius 2 is 1.81 bits per heavy atom. The van der Waals surface area contributed by atoms with Crippen LogP contribution in [0.2, 0.25) is 5.02 Å². The van der Waals surface area contributed by atoms with Crippen LogP contribution in [-0.2, 0) is 0 Å². The van der Waals surface area contributed by atoms with Gasteiger partial charge in [0.25, 0.3) is 5.91 Å². The molecular weight excluding hydrogens is 436 g/mol. The van der Waals surface area contributed by atoms with E-state index < -0.39 is 12.5 Å². The Kier molecular flexibility index (Phi) is 6.01. The predicted molar refractivity (Wildman–Crippen MR) is 120 cm³/mol. The Labute approximate surface area is 188 Å². The number of nitrogens with zero attached hydrogens (tertiary/aromatic N) is 2. The monoisotopic (exact) mass is 453 g/mol. The first-order chi connectivity index (χ1) is 15.3. The molecule has 8 heteroatoms. The molecule has 4 aromatic rings. The summed E-state index contributed by atoms with van der Waals surface area (Å²) in [4.78, 5) is 22.0. The smallest absolute Gasteiger partial charge is 0.387 e. The summed E-state index contributed by atoms with van der Waals surface area (Å²) in [6.07, 6.45) is 3.26. The number of rotatable bonds is 5. The zero-order chi connectivity index (χ0) is 22.8. The molecule has 0 aliphatic carbocycles. The van der Waals surface area contributed by atoms with Crippen LogP contribution in [0.3, 0.4) is 0 Å². The van der Waals surface area contributed by atoms with Gasteiger partial charge < -0.3 is 10.1 Å². The highest BCUT2D eigenvalue weighted by atomic mass is 35.5. The first-order valence-corrected chi connectivity index (χ1v) is 10.1. The van der Waals surface area contributed by atoms with Gasteiger partial charge in [0.2, 0.25) is 0 Å². The van der Waals surface area contributed by atoms with Crippen LogP contribution in [0, 0.1) is 13.8 Å². The zero-order valence-corrected chi connectivity index (χ0v) is 18.0. The van der Waals surface area contributed by atoms with Gasteiger partial charge in [0.1, 0.15) is 5.75 Å². The average molecular weight is 454 g/mol. The highest BCUT2D eigenvalue weighted by molar-refractivity contribution is 6.32. The lowest BCUT2D eigenvalue weighted by Crippen LogP contribution is -2.15. The second-order valence-corrected chi connectivity index (χ2v) is 7.60. The molecule has 4 rings (SSSR count). The number of carbonyl (C=O) groups excluding carboxylic acids is 1. The number of halogens is 3. The van der Waals surface area contributed by atoms with E-state index in [-0.39, 0.29) is 11.4 Å². The van der Waals surface area contributed by atoms with E-state index in [1.54, 1.807) is 55.7 Å². The maximum absolute atomic E-state index is 13.3. The van der Waals surface area contributed by atoms with E-state index in [0.29, 0.717) is 27.2 Å². The summed E-state index contributed by atoms with van der Waals surface area (Å²) >= 11 is 6.29. The largest absolute Gasteiger partial charge is 0.433 e. The Hall–Kier alpha value is -3.58. The van der Waals surface area contributed by atoms with Crippen LogP contribution in [0.15, 0.2) is 60.9 Å². The van der Waals surface area contributed by atoms with Crippen LogP contribution < -0.4 is 10.1 Å². The Balaban J connectivity index is 1.83. The minimum atomic E-state index is -3.02. The average Bonchev–Trinajstić information content (AvgIpc) is 2.77. The second kappa shape index (κ2) is 8.88. The highest BCUT2D eigenvalue weighted by Crippen LogP contribution is 2.32. The van der Waals surface area contributed by atoms with Crippen LogP contribution in [0.25, 0.3) is 22.2 Å². The molecule has 0 aliphatic rings. The van der Waals surface area contributed by atoms with E-state index in [9.17, 15) is 13.6 Å². The number of ether oxygens (including phenoxy) is 1. The minimum Gasteiger partial charge on any atom is -0.433 e. The van der Waals surface area contributed by atoms with Gasteiger partial charge in [-0.1, -0.05) is 23.7 Å². The number of amides is 1. The lowest BCUT2D eigenvalue weighted by Gasteiger charge is -2.15. The molecule has 0 saturated carbocycles. The molecule has 2 aromatic carbocycles. The third kappa shape index (κ3) is 4.38. The van der Waals surface area contributed by atoms with E-state index in [2.05, 4.69) is 15.0 Å². The highest BCUT2D eigenvalue weighted by Gasteiger charge is 2.19. The van der Waals surface area contributed by atoms with Crippen LogP contribution >= 0.6 is 11.6 Å². The summed E-state index contributed by atoms with van der Waals surface area (Å²) in [7, 11) is 0. The molecule has 0 radical (unpaired) electrons. The van der Waals surface area contributed by atoms with Gasteiger partial charge >= 0.3 is 6.61 Å². The number of alkyl halides is 2. The first kappa shape index (κ1) is 21.6. The Morgan fingerprint density at radius 1 is 1.06 bits per heavy atom. The van der Waals surface area contributed by atoms with Crippen molar-refractivity contribution in [3.05, 3.63) is 82.6 Å². The number of carbonyl (C=O) groups is 1. The normalized spacial score (nSPS) is 11.1. The van der Waals surface area contributed by atoms with E-state index >= 15 is 0 Å². The van der Waals surface area contributed by atoms with Gasteiger partial charge in [-0.2, -0.15) is 8.78 Å². The summed E-state index contributed by atoms with van der Waals surface area (Å²) < 4.78 is 30.3. The van der Waals surface area contributed by atoms with E-state index in [1.807, 2.05) is 6.92 Å². The molecule has 5 nitrogen and oxygen atoms in total. The van der Waals surface area contributed by atoms with Crippen LogP contribution in [0.4, 0.5) is 14.5 Å². The molecule has 0 aliphatic heterocycles. The molecule has 0 atom stereocenters. The van der Waals surface area contributed by atoms with Gasteiger partial charge in [-0.3, -0.25) is 9.78 Å². The van der Waals surface area contributed by atoms with Crippen molar-refractivity contribution < 1.29 is 18.3 Å². The second-order valence-electron chi connectivity index (χ2n) is 7.19. The lowest BCUT2D eigenvalue weighted by atomic mass is 10.0. The van der Waals surface area contributed by atoms with Gasteiger partial charge in [0.15, 0.2) is 0 Å². The van der Waals surface area contributed by atoms with Gasteiger partial charge in [-0.15, -0.1) is 0 Å². The minimum absolute atomic E-state index is 0.111. The molecule has 2 aromatic heterocycles. The van der Waals surface area contributed by atoms with Crippen molar-refractivity contribution in [3.8, 4) is 17.0 Å². The molecular formula is C24H18ClF2N3O2. The number of aryl methyl sites for hydroxylation is 2. The van der Waals surface area contributed by atoms with Crippen molar-refractivity contribution in [1.82, 2.24) is 9.97 Å². The van der Waals surface area contributed by atoms with Crippen molar-refractivity contribution in [3.63, 3.8) is 0 Å². The van der Waals surface area contributed by atoms with E-state index in [4.69, 9.17) is 16.6 Å². The van der Waals surface area contributed by atoms with E-state index in [0.717, 1.165) is 16.7 Å². The van der Waals surface area contributed by atoms with Crippen LogP contribution in [0.5, 0.6) is 5.75 Å². The topological polar surface area (TPSA) is 64.1 Å².